The van der Waals surface area contributed by atoms with E-state index in [0.29, 0.717) is 6.42 Å². The van der Waals surface area contributed by atoms with Crippen LogP contribution in [0.5, 0.6) is 5.75 Å². The van der Waals surface area contributed by atoms with E-state index in [0.717, 1.165) is 23.3 Å². The zero-order valence-corrected chi connectivity index (χ0v) is 12.6. The Hall–Kier alpha value is -1.75. The van der Waals surface area contributed by atoms with Crippen LogP contribution in [0.25, 0.3) is 0 Å². The summed E-state index contributed by atoms with van der Waals surface area (Å²) in [4.78, 5) is 0. The highest BCUT2D eigenvalue weighted by molar-refractivity contribution is 5.48. The molecular formula is C17H23NO. The molecule has 2 nitrogen and oxygen atoms in total. The summed E-state index contributed by atoms with van der Waals surface area (Å²) in [5, 5.41) is 8.70. The largest absolute Gasteiger partial charge is 0.496 e. The summed E-state index contributed by atoms with van der Waals surface area (Å²) >= 11 is 0. The number of hydrogen-bond acceptors (Lipinski definition) is 2. The minimum atomic E-state index is 0.0304. The van der Waals surface area contributed by atoms with Crippen LogP contribution < -0.4 is 4.74 Å². The van der Waals surface area contributed by atoms with Crippen molar-refractivity contribution in [2.45, 2.75) is 46.0 Å². The van der Waals surface area contributed by atoms with Crippen LogP contribution in [0, 0.1) is 18.3 Å². The van der Waals surface area contributed by atoms with Crippen molar-refractivity contribution in [1.29, 1.82) is 5.26 Å². The molecule has 0 unspecified atom stereocenters. The Morgan fingerprint density at radius 3 is 2.47 bits per heavy atom. The van der Waals surface area contributed by atoms with Crippen LogP contribution in [0.4, 0.5) is 0 Å². The molecule has 0 fully saturated rings. The third-order valence-corrected chi connectivity index (χ3v) is 3.13. The molecule has 102 valence electrons. The molecule has 19 heavy (non-hydrogen) atoms. The third-order valence-electron chi connectivity index (χ3n) is 3.13. The molecule has 0 amide bonds. The van der Waals surface area contributed by atoms with Gasteiger partial charge in [-0.15, -0.1) is 0 Å². The first-order valence-electron chi connectivity index (χ1n) is 6.51. The molecule has 0 spiro atoms. The minimum Gasteiger partial charge on any atom is -0.496 e. The molecule has 1 aromatic carbocycles. The van der Waals surface area contributed by atoms with Crippen molar-refractivity contribution in [2.24, 2.45) is 0 Å². The van der Waals surface area contributed by atoms with Crippen LogP contribution >= 0.6 is 0 Å². The molecule has 0 heterocycles. The van der Waals surface area contributed by atoms with Gasteiger partial charge in [0.1, 0.15) is 5.75 Å². The van der Waals surface area contributed by atoms with Gasteiger partial charge in [-0.25, -0.2) is 0 Å². The molecule has 0 N–H and O–H groups in total. The second-order valence-corrected chi connectivity index (χ2v) is 6.01. The van der Waals surface area contributed by atoms with Crippen molar-refractivity contribution in [3.8, 4) is 11.8 Å². The van der Waals surface area contributed by atoms with Gasteiger partial charge >= 0.3 is 0 Å². The summed E-state index contributed by atoms with van der Waals surface area (Å²) in [6.07, 6.45) is 1.16. The maximum Gasteiger partial charge on any atom is 0.125 e. The van der Waals surface area contributed by atoms with Gasteiger partial charge in [-0.2, -0.15) is 5.26 Å². The van der Waals surface area contributed by atoms with Gasteiger partial charge in [-0.1, -0.05) is 45.1 Å². The van der Waals surface area contributed by atoms with E-state index in [1.165, 1.54) is 11.1 Å². The van der Waals surface area contributed by atoms with Crippen LogP contribution in [-0.4, -0.2) is 7.11 Å². The zero-order chi connectivity index (χ0) is 14.6. The van der Waals surface area contributed by atoms with Crippen LogP contribution in [-0.2, 0) is 11.8 Å². The highest BCUT2D eigenvalue weighted by atomic mass is 16.5. The Kier molecular flexibility index (Phi) is 4.78. The molecule has 0 saturated heterocycles. The molecule has 0 saturated carbocycles. The average Bonchev–Trinajstić information content (AvgIpc) is 2.27. The first-order valence-corrected chi connectivity index (χ1v) is 6.51. The molecule has 0 radical (unpaired) electrons. The number of methoxy groups -OCH3 is 1. The van der Waals surface area contributed by atoms with Crippen molar-refractivity contribution in [3.05, 3.63) is 41.0 Å². The molecule has 1 aromatic rings. The second-order valence-electron chi connectivity index (χ2n) is 6.01. The first kappa shape index (κ1) is 15.3. The summed E-state index contributed by atoms with van der Waals surface area (Å²) in [6, 6.07) is 6.44. The molecular weight excluding hydrogens is 234 g/mol. The Morgan fingerprint density at radius 1 is 1.37 bits per heavy atom. The van der Waals surface area contributed by atoms with Gasteiger partial charge in [0.25, 0.3) is 0 Å². The van der Waals surface area contributed by atoms with Gasteiger partial charge in [-0.3, -0.25) is 0 Å². The summed E-state index contributed by atoms with van der Waals surface area (Å²) in [6.45, 7) is 12.5. The molecule has 0 atom stereocenters. The Bertz CT molecular complexity index is 515. The minimum absolute atomic E-state index is 0.0304. The van der Waals surface area contributed by atoms with E-state index in [4.69, 9.17) is 10.00 Å². The topological polar surface area (TPSA) is 33.0 Å². The van der Waals surface area contributed by atoms with Gasteiger partial charge in [0, 0.05) is 5.56 Å². The summed E-state index contributed by atoms with van der Waals surface area (Å²) in [7, 11) is 1.71. The summed E-state index contributed by atoms with van der Waals surface area (Å²) in [5.41, 5.74) is 4.52. The van der Waals surface area contributed by atoms with Crippen LogP contribution in [0.3, 0.4) is 0 Å². The molecule has 0 bridgehead atoms. The molecule has 0 aliphatic carbocycles. The third kappa shape index (κ3) is 3.86. The molecule has 2 heteroatoms. The molecule has 0 aliphatic rings. The van der Waals surface area contributed by atoms with Gasteiger partial charge in [0.2, 0.25) is 0 Å². The van der Waals surface area contributed by atoms with E-state index < -0.39 is 0 Å². The number of rotatable bonds is 4. The van der Waals surface area contributed by atoms with Gasteiger partial charge < -0.3 is 4.74 Å². The Labute approximate surface area is 116 Å². The van der Waals surface area contributed by atoms with E-state index in [1.54, 1.807) is 7.11 Å². The highest BCUT2D eigenvalue weighted by Gasteiger charge is 2.21. The van der Waals surface area contributed by atoms with Crippen molar-refractivity contribution in [1.82, 2.24) is 0 Å². The number of benzene rings is 1. The Balaban J connectivity index is 3.21. The predicted octanol–water partition coefficient (Wildman–Crippen LogP) is 4.31. The SMILES string of the molecule is C=C(CC#N)Cc1cc(C)c(OC)c(C(C)(C)C)c1. The molecule has 1 rings (SSSR count). The number of nitrogens with zero attached hydrogens (tertiary/aromatic N) is 1. The van der Waals surface area contributed by atoms with E-state index in [1.807, 2.05) is 0 Å². The second kappa shape index (κ2) is 5.93. The number of nitriles is 1. The molecule has 0 aliphatic heterocycles. The van der Waals surface area contributed by atoms with Gasteiger partial charge in [0.05, 0.1) is 19.6 Å². The fourth-order valence-corrected chi connectivity index (χ4v) is 2.24. The number of allylic oxidation sites excluding steroid dienone is 1. The van der Waals surface area contributed by atoms with Crippen LogP contribution in [0.1, 0.15) is 43.9 Å². The van der Waals surface area contributed by atoms with E-state index in [9.17, 15) is 0 Å². The first-order chi connectivity index (χ1) is 8.79. The van der Waals surface area contributed by atoms with E-state index in [-0.39, 0.29) is 5.41 Å². The predicted molar refractivity (Wildman–Crippen MR) is 79.5 cm³/mol. The van der Waals surface area contributed by atoms with Crippen LogP contribution in [0.2, 0.25) is 0 Å². The van der Waals surface area contributed by atoms with Crippen molar-refractivity contribution < 1.29 is 4.74 Å². The van der Waals surface area contributed by atoms with Crippen LogP contribution in [0.15, 0.2) is 24.3 Å². The fraction of sp³-hybridized carbons (Fsp3) is 0.471. The quantitative estimate of drug-likeness (QED) is 0.753. The fourth-order valence-electron chi connectivity index (χ4n) is 2.24. The smallest absolute Gasteiger partial charge is 0.125 e. The lowest BCUT2D eigenvalue weighted by molar-refractivity contribution is 0.394. The number of aryl methyl sites for hydroxylation is 1. The van der Waals surface area contributed by atoms with Gasteiger partial charge in [-0.05, 0) is 29.9 Å². The Morgan fingerprint density at radius 2 is 2.00 bits per heavy atom. The lowest BCUT2D eigenvalue weighted by atomic mass is 9.83. The zero-order valence-electron chi connectivity index (χ0n) is 12.6. The summed E-state index contributed by atoms with van der Waals surface area (Å²) in [5.74, 6) is 0.960. The standard InChI is InChI=1S/C17H23NO/c1-12(7-8-18)9-14-10-13(2)16(19-6)15(11-14)17(3,4)5/h10-11H,1,7,9H2,2-6H3. The monoisotopic (exact) mass is 257 g/mol. The number of ether oxygens (including phenoxy) is 1. The summed E-state index contributed by atoms with van der Waals surface area (Å²) < 4.78 is 5.54. The van der Waals surface area contributed by atoms with Crippen molar-refractivity contribution in [3.63, 3.8) is 0 Å². The normalized spacial score (nSPS) is 10.9. The average molecular weight is 257 g/mol. The highest BCUT2D eigenvalue weighted by Crippen LogP contribution is 2.35. The van der Waals surface area contributed by atoms with Crippen molar-refractivity contribution in [2.75, 3.05) is 7.11 Å². The van der Waals surface area contributed by atoms with Gasteiger partial charge in [0.15, 0.2) is 0 Å². The van der Waals surface area contributed by atoms with E-state index >= 15 is 0 Å². The van der Waals surface area contributed by atoms with E-state index in [2.05, 4.69) is 52.5 Å². The lowest BCUT2D eigenvalue weighted by Crippen LogP contribution is -2.14. The number of hydrogen-bond donors (Lipinski definition) is 0. The lowest BCUT2D eigenvalue weighted by Gasteiger charge is -2.24. The van der Waals surface area contributed by atoms with Crippen molar-refractivity contribution >= 4 is 0 Å². The maximum atomic E-state index is 8.70. The maximum absolute atomic E-state index is 8.70. The molecule has 0 aromatic heterocycles.